The molecule has 0 heterocycles. The second kappa shape index (κ2) is 8.07. The largest absolute Gasteiger partial charge is 0.491 e. The van der Waals surface area contributed by atoms with E-state index >= 15 is 0 Å². The Kier molecular flexibility index (Phi) is 6.10. The first-order chi connectivity index (χ1) is 11.4. The Labute approximate surface area is 138 Å². The van der Waals surface area contributed by atoms with Gasteiger partial charge in [-0.25, -0.2) is 8.78 Å². The minimum Gasteiger partial charge on any atom is -0.491 e. The molecule has 5 nitrogen and oxygen atoms in total. The van der Waals surface area contributed by atoms with E-state index in [2.05, 4.69) is 0 Å². The fourth-order valence-corrected chi connectivity index (χ4v) is 2.71. The minimum absolute atomic E-state index is 0.177. The third-order valence-corrected chi connectivity index (χ3v) is 4.15. The molecule has 2 aromatic carbocycles. The zero-order valence-corrected chi connectivity index (χ0v) is 13.7. The van der Waals surface area contributed by atoms with Crippen LogP contribution < -0.4 is 8.92 Å². The predicted molar refractivity (Wildman–Crippen MR) is 82.6 cm³/mol. The Morgan fingerprint density at radius 3 is 2.33 bits per heavy atom. The molecule has 8 heteroatoms. The third kappa shape index (κ3) is 4.90. The smallest absolute Gasteiger partial charge is 0.339 e. The highest BCUT2D eigenvalue weighted by atomic mass is 32.2. The molecule has 0 bridgehead atoms. The summed E-state index contributed by atoms with van der Waals surface area (Å²) in [6, 6.07) is 7.79. The lowest BCUT2D eigenvalue weighted by Gasteiger charge is -2.09. The van der Waals surface area contributed by atoms with Crippen LogP contribution in [-0.2, 0) is 14.9 Å². The molecule has 0 atom stereocenters. The molecule has 0 unspecified atom stereocenters. The molecular weight excluding hydrogens is 342 g/mol. The number of hydrogen-bond donors (Lipinski definition) is 0. The van der Waals surface area contributed by atoms with Crippen molar-refractivity contribution in [1.82, 2.24) is 0 Å². The van der Waals surface area contributed by atoms with E-state index in [0.717, 1.165) is 12.1 Å². The van der Waals surface area contributed by atoms with Gasteiger partial charge in [0.1, 0.15) is 23.1 Å². The Balaban J connectivity index is 2.06. The lowest BCUT2D eigenvalue weighted by atomic mass is 10.3. The Morgan fingerprint density at radius 1 is 1.00 bits per heavy atom. The van der Waals surface area contributed by atoms with E-state index in [1.165, 1.54) is 24.3 Å². The maximum absolute atomic E-state index is 13.5. The standard InChI is InChI=1S/C16H16F2O5S/c1-2-21-9-10-22-13-4-6-14(7-5-13)24(19,20)23-16-8-3-12(17)11-15(16)18/h3-8,11H,2,9-10H2,1H3. The zero-order valence-electron chi connectivity index (χ0n) is 12.9. The topological polar surface area (TPSA) is 61.8 Å². The molecule has 0 saturated carbocycles. The molecule has 0 radical (unpaired) electrons. The van der Waals surface area contributed by atoms with Gasteiger partial charge in [-0.15, -0.1) is 0 Å². The number of hydrogen-bond acceptors (Lipinski definition) is 5. The number of ether oxygens (including phenoxy) is 2. The van der Waals surface area contributed by atoms with Gasteiger partial charge in [-0.05, 0) is 43.3 Å². The molecule has 0 amide bonds. The van der Waals surface area contributed by atoms with E-state index in [1.54, 1.807) is 0 Å². The van der Waals surface area contributed by atoms with Crippen LogP contribution >= 0.6 is 0 Å². The maximum Gasteiger partial charge on any atom is 0.339 e. The van der Waals surface area contributed by atoms with Crippen molar-refractivity contribution in [2.24, 2.45) is 0 Å². The van der Waals surface area contributed by atoms with Crippen molar-refractivity contribution >= 4 is 10.1 Å². The van der Waals surface area contributed by atoms with Crippen molar-refractivity contribution in [3.05, 3.63) is 54.1 Å². The Bertz CT molecular complexity index is 776. The maximum atomic E-state index is 13.5. The second-order valence-electron chi connectivity index (χ2n) is 4.63. The average Bonchev–Trinajstić information content (AvgIpc) is 2.55. The summed E-state index contributed by atoms with van der Waals surface area (Å²) in [7, 11) is -4.24. The van der Waals surface area contributed by atoms with Crippen LogP contribution in [0.4, 0.5) is 8.78 Å². The normalized spacial score (nSPS) is 11.3. The summed E-state index contributed by atoms with van der Waals surface area (Å²) in [5, 5.41) is 0. The molecular formula is C16H16F2O5S. The van der Waals surface area contributed by atoms with Crippen LogP contribution in [0.1, 0.15) is 6.92 Å². The quantitative estimate of drug-likeness (QED) is 0.536. The van der Waals surface area contributed by atoms with Gasteiger partial charge in [0.25, 0.3) is 0 Å². The summed E-state index contributed by atoms with van der Waals surface area (Å²) in [5.74, 6) is -2.05. The molecule has 0 N–H and O–H groups in total. The van der Waals surface area contributed by atoms with Crippen LogP contribution in [0.5, 0.6) is 11.5 Å². The number of rotatable bonds is 8. The van der Waals surface area contributed by atoms with Gasteiger partial charge in [0.05, 0.1) is 6.61 Å². The fraction of sp³-hybridized carbons (Fsp3) is 0.250. The monoisotopic (exact) mass is 358 g/mol. The average molecular weight is 358 g/mol. The summed E-state index contributed by atoms with van der Waals surface area (Å²) in [5.41, 5.74) is 0. The van der Waals surface area contributed by atoms with Crippen LogP contribution in [0.2, 0.25) is 0 Å². The first kappa shape index (κ1) is 18.2. The molecule has 2 rings (SSSR count). The fourth-order valence-electron chi connectivity index (χ4n) is 1.77. The second-order valence-corrected chi connectivity index (χ2v) is 6.18. The molecule has 0 saturated heterocycles. The van der Waals surface area contributed by atoms with Crippen molar-refractivity contribution in [3.63, 3.8) is 0 Å². The van der Waals surface area contributed by atoms with Crippen LogP contribution in [0.25, 0.3) is 0 Å². The molecule has 2 aromatic rings. The molecule has 0 aliphatic heterocycles. The summed E-state index contributed by atoms with van der Waals surface area (Å²) < 4.78 is 65.7. The Hall–Kier alpha value is -2.19. The van der Waals surface area contributed by atoms with E-state index in [1.807, 2.05) is 6.92 Å². The summed E-state index contributed by atoms with van der Waals surface area (Å²) >= 11 is 0. The van der Waals surface area contributed by atoms with Crippen molar-refractivity contribution in [3.8, 4) is 11.5 Å². The molecule has 0 aromatic heterocycles. The third-order valence-electron chi connectivity index (χ3n) is 2.91. The van der Waals surface area contributed by atoms with Gasteiger partial charge in [-0.1, -0.05) is 0 Å². The van der Waals surface area contributed by atoms with Crippen molar-refractivity contribution in [2.45, 2.75) is 11.8 Å². The number of halogens is 2. The lowest BCUT2D eigenvalue weighted by Crippen LogP contribution is -2.11. The van der Waals surface area contributed by atoms with Gasteiger partial charge in [0.2, 0.25) is 0 Å². The van der Waals surface area contributed by atoms with Crippen LogP contribution in [0.15, 0.2) is 47.4 Å². The first-order valence-corrected chi connectivity index (χ1v) is 8.53. The zero-order chi connectivity index (χ0) is 17.6. The highest BCUT2D eigenvalue weighted by Gasteiger charge is 2.19. The molecule has 0 fully saturated rings. The van der Waals surface area contributed by atoms with Crippen LogP contribution in [-0.4, -0.2) is 28.2 Å². The molecule has 0 spiro atoms. The first-order valence-electron chi connectivity index (χ1n) is 7.12. The van der Waals surface area contributed by atoms with Crippen LogP contribution in [0, 0.1) is 11.6 Å². The molecule has 0 aliphatic rings. The molecule has 0 aliphatic carbocycles. The van der Waals surface area contributed by atoms with Crippen molar-refractivity contribution in [2.75, 3.05) is 19.8 Å². The lowest BCUT2D eigenvalue weighted by molar-refractivity contribution is 0.110. The van der Waals surface area contributed by atoms with E-state index < -0.39 is 27.5 Å². The highest BCUT2D eigenvalue weighted by Crippen LogP contribution is 2.24. The SMILES string of the molecule is CCOCCOc1ccc(S(=O)(=O)Oc2ccc(F)cc2F)cc1. The summed E-state index contributed by atoms with van der Waals surface area (Å²) in [6.45, 7) is 3.20. The summed E-state index contributed by atoms with van der Waals surface area (Å²) in [6.07, 6.45) is 0. The van der Waals surface area contributed by atoms with E-state index in [0.29, 0.717) is 31.6 Å². The highest BCUT2D eigenvalue weighted by molar-refractivity contribution is 7.87. The van der Waals surface area contributed by atoms with E-state index in [4.69, 9.17) is 13.7 Å². The predicted octanol–water partition coefficient (Wildman–Crippen LogP) is 3.15. The van der Waals surface area contributed by atoms with E-state index in [-0.39, 0.29) is 4.90 Å². The van der Waals surface area contributed by atoms with Gasteiger partial charge in [0.15, 0.2) is 11.6 Å². The van der Waals surface area contributed by atoms with E-state index in [9.17, 15) is 17.2 Å². The molecule has 130 valence electrons. The van der Waals surface area contributed by atoms with Gasteiger partial charge < -0.3 is 13.7 Å². The van der Waals surface area contributed by atoms with Crippen molar-refractivity contribution < 1.29 is 30.9 Å². The van der Waals surface area contributed by atoms with Gasteiger partial charge in [-0.2, -0.15) is 8.42 Å². The van der Waals surface area contributed by atoms with Crippen LogP contribution in [0.3, 0.4) is 0 Å². The van der Waals surface area contributed by atoms with Gasteiger partial charge in [-0.3, -0.25) is 0 Å². The van der Waals surface area contributed by atoms with Gasteiger partial charge >= 0.3 is 10.1 Å². The molecule has 24 heavy (non-hydrogen) atoms. The summed E-state index contributed by atoms with van der Waals surface area (Å²) in [4.78, 5) is -0.177. The number of benzene rings is 2. The van der Waals surface area contributed by atoms with Gasteiger partial charge in [0, 0.05) is 12.7 Å². The minimum atomic E-state index is -4.24. The van der Waals surface area contributed by atoms with Crippen molar-refractivity contribution in [1.29, 1.82) is 0 Å². The Morgan fingerprint density at radius 2 is 1.71 bits per heavy atom.